The molecule has 6 nitrogen and oxygen atoms in total. The number of hydrogen-bond donors (Lipinski definition) is 2. The van der Waals surface area contributed by atoms with Crippen molar-refractivity contribution < 1.29 is 8.42 Å². The Morgan fingerprint density at radius 2 is 1.77 bits per heavy atom. The van der Waals surface area contributed by atoms with Crippen molar-refractivity contribution in [3.8, 4) is 0 Å². The van der Waals surface area contributed by atoms with Crippen molar-refractivity contribution in [2.75, 3.05) is 19.4 Å². The molecular formula is C21H21ClN4O2S3. The first kappa shape index (κ1) is 23.5. The minimum atomic E-state index is -3.44. The predicted molar refractivity (Wildman–Crippen MR) is 130 cm³/mol. The smallest absolute Gasteiger partial charge is 0.242 e. The molecule has 1 heterocycles. The van der Waals surface area contributed by atoms with Crippen LogP contribution in [0, 0.1) is 0 Å². The minimum absolute atomic E-state index is 0.251. The molecule has 0 radical (unpaired) electrons. The second-order valence-corrected chi connectivity index (χ2v) is 10.7. The number of nitrogens with zero attached hydrogens (tertiary/aromatic N) is 2. The summed E-state index contributed by atoms with van der Waals surface area (Å²) in [6.07, 6.45) is 1.73. The number of thiocarbonyl (C=S) groups is 1. The van der Waals surface area contributed by atoms with Gasteiger partial charge < -0.3 is 10.6 Å². The van der Waals surface area contributed by atoms with Crippen LogP contribution < -0.4 is 10.6 Å². The molecule has 2 N–H and O–H groups in total. The van der Waals surface area contributed by atoms with Gasteiger partial charge in [-0.3, -0.25) is 0 Å². The van der Waals surface area contributed by atoms with Crippen LogP contribution in [-0.4, -0.2) is 36.9 Å². The molecule has 162 valence electrons. The molecule has 0 fully saturated rings. The first-order valence-electron chi connectivity index (χ1n) is 9.20. The highest BCUT2D eigenvalue weighted by Gasteiger charge is 2.16. The third kappa shape index (κ3) is 6.41. The lowest BCUT2D eigenvalue weighted by atomic mass is 10.2. The number of rotatable bonds is 7. The van der Waals surface area contributed by atoms with E-state index in [2.05, 4.69) is 15.6 Å². The quantitative estimate of drug-likeness (QED) is 0.466. The number of nitrogens with one attached hydrogen (secondary N) is 2. The Bertz CT molecular complexity index is 1150. The number of aromatic nitrogens is 1. The molecule has 2 aromatic carbocycles. The summed E-state index contributed by atoms with van der Waals surface area (Å²) in [5, 5.41) is 8.21. The fourth-order valence-corrected chi connectivity index (χ4v) is 4.57. The summed E-state index contributed by atoms with van der Waals surface area (Å²) >= 11 is 12.9. The van der Waals surface area contributed by atoms with Gasteiger partial charge in [-0.05, 0) is 66.3 Å². The van der Waals surface area contributed by atoms with Crippen LogP contribution in [0.5, 0.6) is 0 Å². The average molecular weight is 493 g/mol. The summed E-state index contributed by atoms with van der Waals surface area (Å²) in [6, 6.07) is 18.0. The molecule has 1 aromatic heterocycles. The number of pyridine rings is 1. The lowest BCUT2D eigenvalue weighted by molar-refractivity contribution is 0.520. The predicted octanol–water partition coefficient (Wildman–Crippen LogP) is 4.62. The Kier molecular flexibility index (Phi) is 7.90. The van der Waals surface area contributed by atoms with Gasteiger partial charge >= 0.3 is 0 Å². The molecule has 31 heavy (non-hydrogen) atoms. The molecule has 0 saturated carbocycles. The van der Waals surface area contributed by atoms with Crippen molar-refractivity contribution >= 4 is 56.4 Å². The lowest BCUT2D eigenvalue weighted by Crippen LogP contribution is -2.28. The zero-order chi connectivity index (χ0) is 22.4. The first-order chi connectivity index (χ1) is 14.8. The summed E-state index contributed by atoms with van der Waals surface area (Å²) in [5.41, 5.74) is 1.69. The van der Waals surface area contributed by atoms with E-state index in [1.807, 2.05) is 36.4 Å². The third-order valence-corrected chi connectivity index (χ3v) is 7.56. The van der Waals surface area contributed by atoms with Crippen LogP contribution in [0.15, 0.2) is 81.7 Å². The van der Waals surface area contributed by atoms with Gasteiger partial charge in [-0.2, -0.15) is 0 Å². The molecule has 0 bridgehead atoms. The van der Waals surface area contributed by atoms with E-state index >= 15 is 0 Å². The van der Waals surface area contributed by atoms with E-state index in [0.29, 0.717) is 16.7 Å². The van der Waals surface area contributed by atoms with Gasteiger partial charge in [-0.1, -0.05) is 35.5 Å². The van der Waals surface area contributed by atoms with Gasteiger partial charge in [0.05, 0.1) is 10.6 Å². The van der Waals surface area contributed by atoms with Gasteiger partial charge in [0, 0.05) is 36.8 Å². The Morgan fingerprint density at radius 1 is 1.10 bits per heavy atom. The van der Waals surface area contributed by atoms with Crippen molar-refractivity contribution in [1.29, 1.82) is 0 Å². The Hall–Kier alpha value is -2.17. The zero-order valence-electron chi connectivity index (χ0n) is 16.9. The van der Waals surface area contributed by atoms with E-state index in [0.717, 1.165) is 21.2 Å². The van der Waals surface area contributed by atoms with Crippen LogP contribution in [0.2, 0.25) is 5.02 Å². The molecule has 3 aromatic rings. The molecule has 3 rings (SSSR count). The summed E-state index contributed by atoms with van der Waals surface area (Å²) in [6.45, 7) is 0.452. The van der Waals surface area contributed by atoms with Crippen molar-refractivity contribution in [3.05, 3.63) is 77.4 Å². The summed E-state index contributed by atoms with van der Waals surface area (Å²) in [5.74, 6) is 0. The van der Waals surface area contributed by atoms with Crippen LogP contribution in [-0.2, 0) is 16.6 Å². The largest absolute Gasteiger partial charge is 0.358 e. The van der Waals surface area contributed by atoms with Crippen LogP contribution >= 0.6 is 35.6 Å². The molecule has 0 aliphatic rings. The maximum Gasteiger partial charge on any atom is 0.242 e. The molecule has 0 spiro atoms. The third-order valence-electron chi connectivity index (χ3n) is 4.20. The van der Waals surface area contributed by atoms with Crippen molar-refractivity contribution in [2.45, 2.75) is 21.4 Å². The molecule has 0 atom stereocenters. The number of benzene rings is 2. The molecule has 10 heteroatoms. The molecule has 0 amide bonds. The van der Waals surface area contributed by atoms with Crippen molar-refractivity contribution in [3.63, 3.8) is 0 Å². The van der Waals surface area contributed by atoms with E-state index in [9.17, 15) is 8.42 Å². The lowest BCUT2D eigenvalue weighted by Gasteiger charge is -2.14. The van der Waals surface area contributed by atoms with Gasteiger partial charge in [0.25, 0.3) is 0 Å². The number of anilines is 1. The van der Waals surface area contributed by atoms with Gasteiger partial charge in [0.15, 0.2) is 5.11 Å². The normalized spacial score (nSPS) is 11.4. The minimum Gasteiger partial charge on any atom is -0.358 e. The van der Waals surface area contributed by atoms with Gasteiger partial charge in [-0.15, -0.1) is 0 Å². The van der Waals surface area contributed by atoms with Crippen LogP contribution in [0.1, 0.15) is 5.56 Å². The fourth-order valence-electron chi connectivity index (χ4n) is 2.52. The zero-order valence-corrected chi connectivity index (χ0v) is 20.1. The van der Waals surface area contributed by atoms with E-state index in [4.69, 9.17) is 23.8 Å². The Balaban J connectivity index is 1.61. The highest BCUT2D eigenvalue weighted by molar-refractivity contribution is 7.99. The van der Waals surface area contributed by atoms with E-state index < -0.39 is 10.0 Å². The molecule has 0 aliphatic heterocycles. The fraction of sp³-hybridized carbons (Fsp3) is 0.143. The summed E-state index contributed by atoms with van der Waals surface area (Å²) in [7, 11) is -0.427. The molecular weight excluding hydrogens is 472 g/mol. The SMILES string of the molecule is CN(C)S(=O)(=O)c1ccc(CNC(=S)Nc2cccnc2Sc2ccc(Cl)cc2)cc1. The molecule has 0 saturated heterocycles. The topological polar surface area (TPSA) is 74.3 Å². The maximum atomic E-state index is 12.2. The Morgan fingerprint density at radius 3 is 2.42 bits per heavy atom. The summed E-state index contributed by atoms with van der Waals surface area (Å²) in [4.78, 5) is 5.70. The van der Waals surface area contributed by atoms with E-state index in [-0.39, 0.29) is 4.90 Å². The number of halogens is 1. The van der Waals surface area contributed by atoms with Crippen molar-refractivity contribution in [1.82, 2.24) is 14.6 Å². The van der Waals surface area contributed by atoms with Crippen LogP contribution in [0.4, 0.5) is 5.69 Å². The number of sulfonamides is 1. The van der Waals surface area contributed by atoms with Crippen molar-refractivity contribution in [2.24, 2.45) is 0 Å². The second-order valence-electron chi connectivity index (χ2n) is 6.65. The van der Waals surface area contributed by atoms with Gasteiger partial charge in [-0.25, -0.2) is 17.7 Å². The Labute approximate surface area is 197 Å². The first-order valence-corrected chi connectivity index (χ1v) is 12.2. The van der Waals surface area contributed by atoms with Crippen LogP contribution in [0.3, 0.4) is 0 Å². The highest BCUT2D eigenvalue weighted by atomic mass is 35.5. The number of hydrogen-bond acceptors (Lipinski definition) is 5. The van der Waals surface area contributed by atoms with Gasteiger partial charge in [0.2, 0.25) is 10.0 Å². The van der Waals surface area contributed by atoms with E-state index in [1.165, 1.54) is 30.2 Å². The second kappa shape index (κ2) is 10.4. The summed E-state index contributed by atoms with van der Waals surface area (Å²) < 4.78 is 25.5. The maximum absolute atomic E-state index is 12.2. The van der Waals surface area contributed by atoms with Gasteiger partial charge in [0.1, 0.15) is 5.03 Å². The average Bonchev–Trinajstić information content (AvgIpc) is 2.75. The molecule has 0 aliphatic carbocycles. The molecule has 0 unspecified atom stereocenters. The highest BCUT2D eigenvalue weighted by Crippen LogP contribution is 2.32. The monoisotopic (exact) mass is 492 g/mol. The van der Waals surface area contributed by atoms with Crippen LogP contribution in [0.25, 0.3) is 0 Å². The standard InChI is InChI=1S/C21H21ClN4O2S3/c1-26(2)31(27,28)18-11-5-15(6-12-18)14-24-21(29)25-19-4-3-13-23-20(19)30-17-9-7-16(22)8-10-17/h3-13H,14H2,1-2H3,(H2,24,25,29). The van der Waals surface area contributed by atoms with E-state index in [1.54, 1.807) is 30.5 Å².